The summed E-state index contributed by atoms with van der Waals surface area (Å²) in [5.41, 5.74) is -0.0576. The fraction of sp³-hybridized carbons (Fsp3) is 0.588. The number of halogens is 3. The van der Waals surface area contributed by atoms with Crippen LogP contribution >= 0.6 is 0 Å². The minimum absolute atomic E-state index is 0.0426. The second-order valence-corrected chi connectivity index (χ2v) is 6.46. The lowest BCUT2D eigenvalue weighted by Gasteiger charge is -2.34. The summed E-state index contributed by atoms with van der Waals surface area (Å²) in [6.07, 6.45) is -3.73. The van der Waals surface area contributed by atoms with Crippen LogP contribution in [0.5, 0.6) is 0 Å². The summed E-state index contributed by atoms with van der Waals surface area (Å²) in [7, 11) is 0. The molecule has 2 aliphatic rings. The molecule has 1 heterocycles. The van der Waals surface area contributed by atoms with Gasteiger partial charge in [0.2, 0.25) is 5.91 Å². The molecule has 3 rings (SSSR count). The molecule has 1 N–H and O–H groups in total. The molecule has 1 amide bonds. The van der Waals surface area contributed by atoms with Crippen LogP contribution in [-0.4, -0.2) is 60.1 Å². The molecule has 2 fully saturated rings. The molecule has 1 aromatic carbocycles. The average molecular weight is 342 g/mol. The van der Waals surface area contributed by atoms with Crippen LogP contribution in [0.15, 0.2) is 24.3 Å². The van der Waals surface area contributed by atoms with Gasteiger partial charge in [0.25, 0.3) is 0 Å². The molecule has 1 aromatic rings. The minimum Gasteiger partial charge on any atom is -0.395 e. The van der Waals surface area contributed by atoms with Gasteiger partial charge in [-0.1, -0.05) is 18.2 Å². The summed E-state index contributed by atoms with van der Waals surface area (Å²) in [5, 5.41) is 8.93. The van der Waals surface area contributed by atoms with E-state index in [1.54, 1.807) is 11.0 Å². The first-order valence-corrected chi connectivity index (χ1v) is 8.19. The van der Waals surface area contributed by atoms with Gasteiger partial charge < -0.3 is 10.0 Å². The van der Waals surface area contributed by atoms with Crippen molar-refractivity contribution in [3.05, 3.63) is 35.4 Å². The van der Waals surface area contributed by atoms with Crippen LogP contribution < -0.4 is 0 Å². The van der Waals surface area contributed by atoms with Crippen molar-refractivity contribution in [2.24, 2.45) is 5.92 Å². The Kier molecular flexibility index (Phi) is 4.83. The standard InChI is InChI=1S/C17H21F3N2O2/c18-17(19,20)13-3-1-2-12(10-13)14-11-15(14)16(24)22-6-4-21(5-7-22)8-9-23/h1-3,10,14-15,23H,4-9,11H2. The highest BCUT2D eigenvalue weighted by molar-refractivity contribution is 5.83. The number of carbonyl (C=O) groups is 1. The zero-order valence-corrected chi connectivity index (χ0v) is 13.3. The summed E-state index contributed by atoms with van der Waals surface area (Å²) in [5.74, 6) is -0.255. The first-order valence-electron chi connectivity index (χ1n) is 8.19. The number of amides is 1. The molecular weight excluding hydrogens is 321 g/mol. The van der Waals surface area contributed by atoms with Crippen molar-refractivity contribution >= 4 is 5.91 Å². The van der Waals surface area contributed by atoms with E-state index in [1.807, 2.05) is 0 Å². The second-order valence-electron chi connectivity index (χ2n) is 6.46. The van der Waals surface area contributed by atoms with Crippen molar-refractivity contribution in [1.29, 1.82) is 0 Å². The van der Waals surface area contributed by atoms with Crippen LogP contribution in [-0.2, 0) is 11.0 Å². The van der Waals surface area contributed by atoms with E-state index < -0.39 is 11.7 Å². The lowest BCUT2D eigenvalue weighted by molar-refractivity contribution is -0.137. The number of carbonyl (C=O) groups excluding carboxylic acids is 1. The van der Waals surface area contributed by atoms with Crippen LogP contribution in [0.2, 0.25) is 0 Å². The lowest BCUT2D eigenvalue weighted by atomic mass is 10.0. The van der Waals surface area contributed by atoms with Crippen molar-refractivity contribution in [2.75, 3.05) is 39.3 Å². The zero-order chi connectivity index (χ0) is 17.3. The molecule has 0 aromatic heterocycles. The van der Waals surface area contributed by atoms with Gasteiger partial charge in [-0.15, -0.1) is 0 Å². The Hall–Kier alpha value is -1.60. The van der Waals surface area contributed by atoms with E-state index in [9.17, 15) is 18.0 Å². The van der Waals surface area contributed by atoms with Gasteiger partial charge in [0.05, 0.1) is 12.2 Å². The molecule has 0 radical (unpaired) electrons. The molecule has 1 aliphatic heterocycles. The molecule has 1 aliphatic carbocycles. The zero-order valence-electron chi connectivity index (χ0n) is 13.3. The molecule has 132 valence electrons. The SMILES string of the molecule is O=C(C1CC1c1cccc(C(F)(F)F)c1)N1CCN(CCO)CC1. The number of benzene rings is 1. The predicted molar refractivity (Wildman–Crippen MR) is 82.4 cm³/mol. The van der Waals surface area contributed by atoms with Gasteiger partial charge in [-0.25, -0.2) is 0 Å². The van der Waals surface area contributed by atoms with Crippen molar-refractivity contribution in [2.45, 2.75) is 18.5 Å². The monoisotopic (exact) mass is 342 g/mol. The fourth-order valence-electron chi connectivity index (χ4n) is 3.35. The van der Waals surface area contributed by atoms with Gasteiger partial charge >= 0.3 is 6.18 Å². The van der Waals surface area contributed by atoms with Gasteiger partial charge in [-0.3, -0.25) is 9.69 Å². The maximum Gasteiger partial charge on any atom is 0.416 e. The molecule has 24 heavy (non-hydrogen) atoms. The van der Waals surface area contributed by atoms with E-state index in [4.69, 9.17) is 5.11 Å². The molecular formula is C17H21F3N2O2. The Labute approximate surface area is 138 Å². The summed E-state index contributed by atoms with van der Waals surface area (Å²) < 4.78 is 38.4. The highest BCUT2D eigenvalue weighted by Crippen LogP contribution is 2.49. The highest BCUT2D eigenvalue weighted by atomic mass is 19.4. The van der Waals surface area contributed by atoms with Gasteiger partial charge in [-0.2, -0.15) is 13.2 Å². The van der Waals surface area contributed by atoms with E-state index in [-0.39, 0.29) is 24.3 Å². The van der Waals surface area contributed by atoms with E-state index >= 15 is 0 Å². The average Bonchev–Trinajstić information content (AvgIpc) is 3.35. The molecule has 7 heteroatoms. The molecule has 2 atom stereocenters. The Balaban J connectivity index is 1.58. The van der Waals surface area contributed by atoms with E-state index in [2.05, 4.69) is 4.90 Å². The first-order chi connectivity index (χ1) is 11.4. The number of hydrogen-bond acceptors (Lipinski definition) is 3. The number of β-amino-alcohol motifs (C(OH)–C–C–N with tert-alkyl or cyclic N) is 1. The molecule has 1 saturated heterocycles. The lowest BCUT2D eigenvalue weighted by Crippen LogP contribution is -2.49. The van der Waals surface area contributed by atoms with E-state index in [0.29, 0.717) is 31.6 Å². The van der Waals surface area contributed by atoms with E-state index in [1.165, 1.54) is 6.07 Å². The van der Waals surface area contributed by atoms with Crippen LogP contribution in [0.1, 0.15) is 23.5 Å². The quantitative estimate of drug-likeness (QED) is 0.910. The summed E-state index contributed by atoms with van der Waals surface area (Å²) >= 11 is 0. The van der Waals surface area contributed by atoms with Crippen LogP contribution in [0, 0.1) is 5.92 Å². The molecule has 2 unspecified atom stereocenters. The number of nitrogens with zero attached hydrogens (tertiary/aromatic N) is 2. The summed E-state index contributed by atoms with van der Waals surface area (Å²) in [6.45, 7) is 3.41. The minimum atomic E-state index is -4.35. The van der Waals surface area contributed by atoms with Crippen LogP contribution in [0.4, 0.5) is 13.2 Å². The van der Waals surface area contributed by atoms with Gasteiger partial charge in [0, 0.05) is 38.6 Å². The summed E-state index contributed by atoms with van der Waals surface area (Å²) in [6, 6.07) is 5.30. The third-order valence-corrected chi connectivity index (χ3v) is 4.85. The summed E-state index contributed by atoms with van der Waals surface area (Å²) in [4.78, 5) is 16.4. The number of rotatable bonds is 4. The fourth-order valence-corrected chi connectivity index (χ4v) is 3.35. The maximum absolute atomic E-state index is 12.8. The first kappa shape index (κ1) is 17.2. The third kappa shape index (κ3) is 3.72. The van der Waals surface area contributed by atoms with Crippen molar-refractivity contribution in [1.82, 2.24) is 9.80 Å². The van der Waals surface area contributed by atoms with Gasteiger partial charge in [0.15, 0.2) is 0 Å². The number of aliphatic hydroxyl groups is 1. The van der Waals surface area contributed by atoms with Crippen molar-refractivity contribution < 1.29 is 23.1 Å². The predicted octanol–water partition coefficient (Wildman–Crippen LogP) is 1.95. The third-order valence-electron chi connectivity index (χ3n) is 4.85. The normalized spacial score (nSPS) is 24.9. The Morgan fingerprint density at radius 1 is 1.21 bits per heavy atom. The van der Waals surface area contributed by atoms with Crippen molar-refractivity contribution in [3.8, 4) is 0 Å². The smallest absolute Gasteiger partial charge is 0.395 e. The number of hydrogen-bond donors (Lipinski definition) is 1. The van der Waals surface area contributed by atoms with Gasteiger partial charge in [0.1, 0.15) is 0 Å². The highest BCUT2D eigenvalue weighted by Gasteiger charge is 2.46. The second kappa shape index (κ2) is 6.72. The Morgan fingerprint density at radius 3 is 2.54 bits per heavy atom. The molecule has 0 spiro atoms. The maximum atomic E-state index is 12.8. The number of alkyl halides is 3. The largest absolute Gasteiger partial charge is 0.416 e. The van der Waals surface area contributed by atoms with E-state index in [0.717, 1.165) is 25.2 Å². The van der Waals surface area contributed by atoms with Crippen LogP contribution in [0.25, 0.3) is 0 Å². The molecule has 0 bridgehead atoms. The molecule has 4 nitrogen and oxygen atoms in total. The molecule has 1 saturated carbocycles. The van der Waals surface area contributed by atoms with Crippen LogP contribution in [0.3, 0.4) is 0 Å². The Morgan fingerprint density at radius 2 is 1.92 bits per heavy atom. The number of aliphatic hydroxyl groups excluding tert-OH is 1. The van der Waals surface area contributed by atoms with Gasteiger partial charge in [-0.05, 0) is 24.0 Å². The Bertz CT molecular complexity index is 598. The van der Waals surface area contributed by atoms with Crippen molar-refractivity contribution in [3.63, 3.8) is 0 Å². The topological polar surface area (TPSA) is 43.8 Å². The number of piperazine rings is 1.